The van der Waals surface area contributed by atoms with E-state index in [1.54, 1.807) is 19.1 Å². The zero-order valence-electron chi connectivity index (χ0n) is 14.4. The Hall–Kier alpha value is -2.62. The van der Waals surface area contributed by atoms with Gasteiger partial charge in [-0.2, -0.15) is 0 Å². The van der Waals surface area contributed by atoms with Crippen molar-refractivity contribution in [3.05, 3.63) is 29.3 Å². The highest BCUT2D eigenvalue weighted by molar-refractivity contribution is 7.92. The average Bonchev–Trinajstić information content (AvgIpc) is 3.29. The normalized spacial score (nSPS) is 18.8. The van der Waals surface area contributed by atoms with Crippen LogP contribution in [0, 0.1) is 0 Å². The standard InChI is InChI=1S/C16H20N4O5S/c1-9-7-11-8-10(3-6-13(11)20(9)26(2,24)25)14(21)18-19-16(23)15(22)17-12-4-5-12/h3,6,8-9,12H,4-5,7H2,1-2H3,(H,17,22)(H,18,21)(H,19,23)/t9-/m0/s1. The first-order valence-electron chi connectivity index (χ1n) is 8.20. The van der Waals surface area contributed by atoms with Gasteiger partial charge in [0, 0.05) is 17.6 Å². The minimum absolute atomic E-state index is 0.0421. The third-order valence-electron chi connectivity index (χ3n) is 4.26. The minimum atomic E-state index is -3.40. The van der Waals surface area contributed by atoms with Crippen LogP contribution in [-0.2, 0) is 26.0 Å². The van der Waals surface area contributed by atoms with Gasteiger partial charge in [0.2, 0.25) is 10.0 Å². The fourth-order valence-corrected chi connectivity index (χ4v) is 4.23. The second-order valence-corrected chi connectivity index (χ2v) is 8.47. The van der Waals surface area contributed by atoms with Gasteiger partial charge < -0.3 is 5.32 Å². The molecule has 0 bridgehead atoms. The Morgan fingerprint density at radius 2 is 1.81 bits per heavy atom. The predicted octanol–water partition coefficient (Wildman–Crippen LogP) is -0.563. The first-order chi connectivity index (χ1) is 12.2. The predicted molar refractivity (Wildman–Crippen MR) is 93.7 cm³/mol. The number of hydrogen-bond donors (Lipinski definition) is 3. The van der Waals surface area contributed by atoms with Crippen molar-refractivity contribution in [3.63, 3.8) is 0 Å². The lowest BCUT2D eigenvalue weighted by Crippen LogP contribution is -2.49. The average molecular weight is 380 g/mol. The summed E-state index contributed by atoms with van der Waals surface area (Å²) in [6.45, 7) is 1.79. The summed E-state index contributed by atoms with van der Waals surface area (Å²) in [6, 6.07) is 4.43. The van der Waals surface area contributed by atoms with E-state index in [1.165, 1.54) is 10.4 Å². The number of hydrogen-bond acceptors (Lipinski definition) is 5. The van der Waals surface area contributed by atoms with E-state index in [9.17, 15) is 22.8 Å². The third kappa shape index (κ3) is 3.79. The Morgan fingerprint density at radius 1 is 1.12 bits per heavy atom. The van der Waals surface area contributed by atoms with Crippen molar-refractivity contribution in [2.45, 2.75) is 38.3 Å². The molecule has 3 N–H and O–H groups in total. The lowest BCUT2D eigenvalue weighted by Gasteiger charge is -2.21. The number of rotatable bonds is 3. The monoisotopic (exact) mass is 380 g/mol. The molecule has 1 fully saturated rings. The molecule has 1 aliphatic carbocycles. The number of sulfonamides is 1. The highest BCUT2D eigenvalue weighted by Crippen LogP contribution is 2.34. The molecule has 1 heterocycles. The number of nitrogens with zero attached hydrogens (tertiary/aromatic N) is 1. The van der Waals surface area contributed by atoms with Gasteiger partial charge in [-0.1, -0.05) is 0 Å². The fourth-order valence-electron chi connectivity index (χ4n) is 2.97. The molecule has 2 aliphatic rings. The number of hydrazine groups is 1. The van der Waals surface area contributed by atoms with Crippen LogP contribution in [0.2, 0.25) is 0 Å². The Bertz CT molecular complexity index is 879. The minimum Gasteiger partial charge on any atom is -0.345 e. The van der Waals surface area contributed by atoms with Crippen LogP contribution in [0.15, 0.2) is 18.2 Å². The van der Waals surface area contributed by atoms with Crippen LogP contribution in [0.4, 0.5) is 5.69 Å². The summed E-state index contributed by atoms with van der Waals surface area (Å²) in [5, 5.41) is 2.51. The summed E-state index contributed by atoms with van der Waals surface area (Å²) >= 11 is 0. The Morgan fingerprint density at radius 3 is 2.42 bits per heavy atom. The third-order valence-corrected chi connectivity index (χ3v) is 5.53. The van der Waals surface area contributed by atoms with Gasteiger partial charge in [0.25, 0.3) is 5.91 Å². The molecule has 0 radical (unpaired) electrons. The van der Waals surface area contributed by atoms with Crippen LogP contribution in [-0.4, -0.2) is 44.5 Å². The molecule has 0 spiro atoms. The molecule has 3 amide bonds. The van der Waals surface area contributed by atoms with Crippen LogP contribution in [0.5, 0.6) is 0 Å². The summed E-state index contributed by atoms with van der Waals surface area (Å²) < 4.78 is 25.1. The second kappa shape index (κ2) is 6.60. The van der Waals surface area contributed by atoms with Crippen molar-refractivity contribution in [1.29, 1.82) is 0 Å². The SMILES string of the molecule is C[C@H]1Cc2cc(C(=O)NNC(=O)C(=O)NC3CC3)ccc2N1S(C)(=O)=O. The molecule has 1 atom stereocenters. The summed E-state index contributed by atoms with van der Waals surface area (Å²) in [7, 11) is -3.40. The molecule has 9 nitrogen and oxygen atoms in total. The van der Waals surface area contributed by atoms with Gasteiger partial charge in [-0.05, 0) is 49.9 Å². The lowest BCUT2D eigenvalue weighted by atomic mass is 10.1. The van der Waals surface area contributed by atoms with E-state index in [0.717, 1.165) is 24.7 Å². The summed E-state index contributed by atoms with van der Waals surface area (Å²) in [4.78, 5) is 35.3. The van der Waals surface area contributed by atoms with Crippen molar-refractivity contribution in [3.8, 4) is 0 Å². The van der Waals surface area contributed by atoms with Crippen LogP contribution in [0.25, 0.3) is 0 Å². The topological polar surface area (TPSA) is 125 Å². The lowest BCUT2D eigenvalue weighted by molar-refractivity contribution is -0.139. The molecule has 140 valence electrons. The van der Waals surface area contributed by atoms with Gasteiger partial charge in [-0.3, -0.25) is 29.5 Å². The van der Waals surface area contributed by atoms with Crippen molar-refractivity contribution in [2.75, 3.05) is 10.6 Å². The van der Waals surface area contributed by atoms with Crippen molar-refractivity contribution < 1.29 is 22.8 Å². The molecule has 1 saturated carbocycles. The van der Waals surface area contributed by atoms with E-state index in [1.807, 2.05) is 0 Å². The number of anilines is 1. The maximum atomic E-state index is 12.2. The molecule has 0 unspecified atom stereocenters. The number of carbonyl (C=O) groups excluding carboxylic acids is 3. The number of fused-ring (bicyclic) bond motifs is 1. The van der Waals surface area contributed by atoms with Gasteiger partial charge in [0.05, 0.1) is 11.9 Å². The molecule has 1 aromatic carbocycles. The molecular formula is C16H20N4O5S. The van der Waals surface area contributed by atoms with Crippen molar-refractivity contribution in [2.24, 2.45) is 0 Å². The Labute approximate surface area is 151 Å². The van der Waals surface area contributed by atoms with E-state index in [-0.39, 0.29) is 17.6 Å². The molecule has 1 aromatic rings. The van der Waals surface area contributed by atoms with Crippen LogP contribution in [0.1, 0.15) is 35.7 Å². The van der Waals surface area contributed by atoms with E-state index >= 15 is 0 Å². The largest absolute Gasteiger partial charge is 0.345 e. The van der Waals surface area contributed by atoms with Crippen LogP contribution >= 0.6 is 0 Å². The number of carbonyl (C=O) groups is 3. The zero-order valence-corrected chi connectivity index (χ0v) is 15.2. The number of benzene rings is 1. The highest BCUT2D eigenvalue weighted by atomic mass is 32.2. The molecule has 10 heteroatoms. The maximum absolute atomic E-state index is 12.2. The van der Waals surface area contributed by atoms with Crippen LogP contribution < -0.4 is 20.5 Å². The first-order valence-corrected chi connectivity index (χ1v) is 10.0. The van der Waals surface area contributed by atoms with Gasteiger partial charge in [-0.15, -0.1) is 0 Å². The molecular weight excluding hydrogens is 360 g/mol. The van der Waals surface area contributed by atoms with Crippen molar-refractivity contribution in [1.82, 2.24) is 16.2 Å². The van der Waals surface area contributed by atoms with Crippen molar-refractivity contribution >= 4 is 33.4 Å². The fraction of sp³-hybridized carbons (Fsp3) is 0.438. The molecule has 1 aliphatic heterocycles. The highest BCUT2D eigenvalue weighted by Gasteiger charge is 2.33. The van der Waals surface area contributed by atoms with E-state index in [0.29, 0.717) is 12.1 Å². The zero-order chi connectivity index (χ0) is 19.1. The van der Waals surface area contributed by atoms with E-state index in [2.05, 4.69) is 16.2 Å². The van der Waals surface area contributed by atoms with E-state index < -0.39 is 27.7 Å². The summed E-state index contributed by atoms with van der Waals surface area (Å²) in [5.74, 6) is -2.33. The van der Waals surface area contributed by atoms with Crippen LogP contribution in [0.3, 0.4) is 0 Å². The van der Waals surface area contributed by atoms with Gasteiger partial charge in [-0.25, -0.2) is 8.42 Å². The Balaban J connectivity index is 1.65. The second-order valence-electron chi connectivity index (χ2n) is 6.61. The number of nitrogens with one attached hydrogen (secondary N) is 3. The first kappa shape index (κ1) is 18.2. The van der Waals surface area contributed by atoms with Gasteiger partial charge in [0.15, 0.2) is 0 Å². The van der Waals surface area contributed by atoms with E-state index in [4.69, 9.17) is 0 Å². The number of amides is 3. The summed E-state index contributed by atoms with van der Waals surface area (Å²) in [6.07, 6.45) is 3.33. The Kier molecular flexibility index (Phi) is 4.61. The van der Waals surface area contributed by atoms with Gasteiger partial charge in [0.1, 0.15) is 0 Å². The van der Waals surface area contributed by atoms with Gasteiger partial charge >= 0.3 is 11.8 Å². The quantitative estimate of drug-likeness (QED) is 0.479. The molecule has 0 aromatic heterocycles. The molecule has 26 heavy (non-hydrogen) atoms. The maximum Gasteiger partial charge on any atom is 0.327 e. The summed E-state index contributed by atoms with van der Waals surface area (Å²) in [5.41, 5.74) is 5.79. The molecule has 0 saturated heterocycles. The smallest absolute Gasteiger partial charge is 0.327 e. The molecule has 3 rings (SSSR count).